The molecule has 0 bridgehead atoms. The fourth-order valence-corrected chi connectivity index (χ4v) is 5.00. The van der Waals surface area contributed by atoms with Crippen LogP contribution in [0, 0.1) is 0 Å². The summed E-state index contributed by atoms with van der Waals surface area (Å²) in [5.41, 5.74) is 7.47. The van der Waals surface area contributed by atoms with E-state index in [0.717, 1.165) is 55.4 Å². The van der Waals surface area contributed by atoms with E-state index >= 15 is 0 Å². The molecule has 0 aliphatic carbocycles. The van der Waals surface area contributed by atoms with E-state index in [-0.39, 0.29) is 11.8 Å². The molecule has 4 aromatic heterocycles. The fraction of sp³-hybridized carbons (Fsp3) is 0.0588. The van der Waals surface area contributed by atoms with E-state index < -0.39 is 0 Å². The Bertz CT molecular complexity index is 1830. The molecule has 4 heterocycles. The van der Waals surface area contributed by atoms with Crippen LogP contribution in [0.15, 0.2) is 97.6 Å². The molecular formula is C34H27N4O2+. The van der Waals surface area contributed by atoms with Gasteiger partial charge in [-0.25, -0.2) is 9.97 Å². The number of carbonyl (C=O) groups is 2. The first-order valence-corrected chi connectivity index (χ1v) is 13.0. The van der Waals surface area contributed by atoms with Crippen molar-refractivity contribution in [2.45, 2.75) is 13.8 Å². The lowest BCUT2D eigenvalue weighted by molar-refractivity contribution is -0.364. The minimum absolute atomic E-state index is 0.0166. The quantitative estimate of drug-likeness (QED) is 0.241. The Labute approximate surface area is 231 Å². The van der Waals surface area contributed by atoms with E-state index in [2.05, 4.69) is 16.0 Å². The Morgan fingerprint density at radius 1 is 0.700 bits per heavy atom. The zero-order valence-electron chi connectivity index (χ0n) is 22.2. The number of hydrogen-bond acceptors (Lipinski definition) is 3. The molecule has 40 heavy (non-hydrogen) atoms. The number of nitrogens with one attached hydrogen (secondary N) is 1. The van der Waals surface area contributed by atoms with Gasteiger partial charge in [0, 0.05) is 66.5 Å². The average Bonchev–Trinajstić information content (AvgIpc) is 3.54. The van der Waals surface area contributed by atoms with Crippen molar-refractivity contribution in [2.75, 3.05) is 0 Å². The third kappa shape index (κ3) is 4.78. The largest absolute Gasteiger partial charge is 0.287 e. The van der Waals surface area contributed by atoms with Crippen molar-refractivity contribution in [3.05, 3.63) is 120 Å². The van der Waals surface area contributed by atoms with Crippen LogP contribution in [0.1, 0.15) is 45.7 Å². The maximum atomic E-state index is 12.1. The lowest BCUT2D eigenvalue weighted by Crippen LogP contribution is -2.06. The molecule has 6 rings (SSSR count). The van der Waals surface area contributed by atoms with Gasteiger partial charge in [0.1, 0.15) is 5.69 Å². The molecule has 1 N–H and O–H groups in total. The summed E-state index contributed by atoms with van der Waals surface area (Å²) >= 11 is 0. The van der Waals surface area contributed by atoms with Gasteiger partial charge >= 0.3 is 0 Å². The van der Waals surface area contributed by atoms with Crippen molar-refractivity contribution >= 4 is 57.9 Å². The average molecular weight is 524 g/mol. The number of benzene rings is 2. The maximum Gasteiger partial charge on any atom is 0.230 e. The van der Waals surface area contributed by atoms with Crippen molar-refractivity contribution in [1.82, 2.24) is 14.1 Å². The lowest BCUT2D eigenvalue weighted by atomic mass is 10.1. The minimum atomic E-state index is -0.0175. The summed E-state index contributed by atoms with van der Waals surface area (Å²) in [6, 6.07) is 23.8. The van der Waals surface area contributed by atoms with Gasteiger partial charge in [-0.3, -0.25) is 18.7 Å². The molecule has 0 unspecified atom stereocenters. The van der Waals surface area contributed by atoms with Gasteiger partial charge in [-0.2, -0.15) is 0 Å². The third-order valence-corrected chi connectivity index (χ3v) is 6.96. The zero-order chi connectivity index (χ0) is 27.6. The molecular weight excluding hydrogens is 496 g/mol. The predicted octanol–water partition coefficient (Wildman–Crippen LogP) is 7.13. The summed E-state index contributed by atoms with van der Waals surface area (Å²) in [5.74, 6) is -0.0341. The Balaban J connectivity index is 1.28. The minimum Gasteiger partial charge on any atom is -0.287 e. The predicted molar refractivity (Wildman–Crippen MR) is 161 cm³/mol. The highest BCUT2D eigenvalue weighted by Gasteiger charge is 2.11. The number of aromatic amines is 1. The Kier molecular flexibility index (Phi) is 6.50. The molecule has 0 saturated heterocycles. The van der Waals surface area contributed by atoms with Crippen LogP contribution in [0.4, 0.5) is 0 Å². The topological polar surface area (TPSA) is 71.0 Å². The molecule has 6 aromatic rings. The molecule has 0 radical (unpaired) electrons. The summed E-state index contributed by atoms with van der Waals surface area (Å²) in [6.07, 6.45) is 15.6. The molecule has 0 saturated carbocycles. The molecule has 0 fully saturated rings. The summed E-state index contributed by atoms with van der Waals surface area (Å²) < 4.78 is 3.36. The summed E-state index contributed by atoms with van der Waals surface area (Å²) in [5, 5.41) is 2.06. The standard InChI is InChI=1S/C34H26N4O2/c1-23(39)37-21-27(29-7-3-5-9-33(29)37)13-11-25-15-17-35-31(19-25)32-20-26(16-18-36-32)12-14-28-22-38(24(2)40)34-10-6-4-8-30(28)34/h3-22H,1-2H3/p+1/b13-11+,14-12+. The monoisotopic (exact) mass is 523 g/mol. The first-order chi connectivity index (χ1) is 19.5. The van der Waals surface area contributed by atoms with Gasteiger partial charge in [-0.1, -0.05) is 60.7 Å². The second-order valence-electron chi connectivity index (χ2n) is 9.66. The van der Waals surface area contributed by atoms with Crippen LogP contribution < -0.4 is 4.98 Å². The lowest BCUT2D eigenvalue weighted by Gasteiger charge is -1.99. The first kappa shape index (κ1) is 24.9. The van der Waals surface area contributed by atoms with Gasteiger partial charge in [0.15, 0.2) is 6.20 Å². The summed E-state index contributed by atoms with van der Waals surface area (Å²) in [6.45, 7) is 3.14. The van der Waals surface area contributed by atoms with Crippen molar-refractivity contribution in [3.63, 3.8) is 0 Å². The van der Waals surface area contributed by atoms with E-state index in [9.17, 15) is 9.59 Å². The van der Waals surface area contributed by atoms with Crippen LogP contribution in [0.2, 0.25) is 0 Å². The molecule has 0 aliphatic rings. The maximum absolute atomic E-state index is 12.1. The molecule has 0 aliphatic heterocycles. The van der Waals surface area contributed by atoms with Crippen LogP contribution in [-0.2, 0) is 0 Å². The van der Waals surface area contributed by atoms with Crippen molar-refractivity contribution in [3.8, 4) is 11.4 Å². The second kappa shape index (κ2) is 10.4. The smallest absolute Gasteiger partial charge is 0.230 e. The fourth-order valence-electron chi connectivity index (χ4n) is 5.00. The number of pyridine rings is 2. The number of fused-ring (bicyclic) bond motifs is 2. The number of para-hydroxylation sites is 2. The highest BCUT2D eigenvalue weighted by atomic mass is 16.2. The number of aromatic nitrogens is 4. The molecule has 2 aromatic carbocycles. The van der Waals surface area contributed by atoms with Crippen molar-refractivity contribution in [1.29, 1.82) is 0 Å². The Morgan fingerprint density at radius 3 is 1.82 bits per heavy atom. The van der Waals surface area contributed by atoms with Crippen LogP contribution in [0.5, 0.6) is 0 Å². The van der Waals surface area contributed by atoms with Crippen molar-refractivity contribution in [2.24, 2.45) is 0 Å². The van der Waals surface area contributed by atoms with E-state index in [4.69, 9.17) is 0 Å². The number of carbonyl (C=O) groups excluding carboxylic acids is 2. The van der Waals surface area contributed by atoms with E-state index in [1.807, 2.05) is 110 Å². The Morgan fingerprint density at radius 2 is 1.25 bits per heavy atom. The number of hydrogen-bond donors (Lipinski definition) is 0. The Hall–Kier alpha value is -5.36. The van der Waals surface area contributed by atoms with E-state index in [1.54, 1.807) is 29.2 Å². The highest BCUT2D eigenvalue weighted by molar-refractivity contribution is 5.99. The molecule has 0 amide bonds. The van der Waals surface area contributed by atoms with Gasteiger partial charge in [0.2, 0.25) is 17.5 Å². The molecule has 6 heteroatoms. The van der Waals surface area contributed by atoms with Crippen molar-refractivity contribution < 1.29 is 14.6 Å². The van der Waals surface area contributed by atoms with Crippen LogP contribution in [0.25, 0.3) is 57.5 Å². The van der Waals surface area contributed by atoms with Crippen LogP contribution in [-0.4, -0.2) is 25.9 Å². The van der Waals surface area contributed by atoms with Gasteiger partial charge in [-0.15, -0.1) is 0 Å². The van der Waals surface area contributed by atoms with Gasteiger partial charge < -0.3 is 0 Å². The van der Waals surface area contributed by atoms with Gasteiger partial charge in [0.25, 0.3) is 0 Å². The summed E-state index contributed by atoms with van der Waals surface area (Å²) in [4.78, 5) is 32.1. The molecule has 6 nitrogen and oxygen atoms in total. The number of nitrogens with zero attached hydrogens (tertiary/aromatic N) is 3. The first-order valence-electron chi connectivity index (χ1n) is 13.0. The highest BCUT2D eigenvalue weighted by Crippen LogP contribution is 2.25. The second-order valence-corrected chi connectivity index (χ2v) is 9.66. The van der Waals surface area contributed by atoms with E-state index in [1.165, 1.54) is 0 Å². The SMILES string of the molecule is CC(=O)n1cc(/C=C/c2ccnc(-c3cc(/C=C/c4cn(C(C)=O)c5ccccc45)cc[nH+]3)c2)c2ccccc21. The zero-order valence-corrected chi connectivity index (χ0v) is 22.2. The third-order valence-electron chi connectivity index (χ3n) is 6.96. The molecule has 0 atom stereocenters. The summed E-state index contributed by atoms with van der Waals surface area (Å²) in [7, 11) is 0. The molecule has 0 spiro atoms. The normalized spacial score (nSPS) is 11.8. The molecule has 194 valence electrons. The number of rotatable bonds is 5. The van der Waals surface area contributed by atoms with Gasteiger partial charge in [-0.05, 0) is 35.4 Å². The van der Waals surface area contributed by atoms with Gasteiger partial charge in [0.05, 0.1) is 11.0 Å². The van der Waals surface area contributed by atoms with E-state index in [0.29, 0.717) is 0 Å². The van der Waals surface area contributed by atoms with Crippen LogP contribution in [0.3, 0.4) is 0 Å². The number of H-pyrrole nitrogens is 1. The van der Waals surface area contributed by atoms with Crippen LogP contribution >= 0.6 is 0 Å².